The van der Waals surface area contributed by atoms with Crippen LogP contribution >= 0.6 is 11.3 Å². The Morgan fingerprint density at radius 2 is 2.12 bits per heavy atom. The second kappa shape index (κ2) is 8.04. The summed E-state index contributed by atoms with van der Waals surface area (Å²) in [6.07, 6.45) is 0.0925. The van der Waals surface area contributed by atoms with Crippen LogP contribution in [0, 0.1) is 19.8 Å². The third kappa shape index (κ3) is 4.31. The van der Waals surface area contributed by atoms with Crippen LogP contribution in [0.1, 0.15) is 33.2 Å². The van der Waals surface area contributed by atoms with E-state index in [2.05, 4.69) is 10.3 Å². The standard InChI is InChI=1S/C16H25N3O4S/c1-9-14(24-10(2)17-9)15(21)18-12-7-11(8-13(12)20)16(22)19(3)5-6-23-4/h11-13,20H,5-8H2,1-4H3,(H,18,21)/t11-,12-,13-/m0/s1. The molecule has 0 aromatic carbocycles. The number of carbonyl (C=O) groups excluding carboxylic acids is 2. The molecular weight excluding hydrogens is 330 g/mol. The number of rotatable bonds is 6. The van der Waals surface area contributed by atoms with Gasteiger partial charge in [-0.2, -0.15) is 0 Å². The van der Waals surface area contributed by atoms with Crippen molar-refractivity contribution in [2.45, 2.75) is 38.8 Å². The molecule has 7 nitrogen and oxygen atoms in total. The molecule has 2 rings (SSSR count). The molecule has 0 aliphatic heterocycles. The van der Waals surface area contributed by atoms with Gasteiger partial charge in [-0.25, -0.2) is 4.98 Å². The number of nitrogens with one attached hydrogen (secondary N) is 1. The molecule has 0 spiro atoms. The van der Waals surface area contributed by atoms with Crippen LogP contribution in [0.2, 0.25) is 0 Å². The fourth-order valence-corrected chi connectivity index (χ4v) is 3.82. The molecule has 2 amide bonds. The second-order valence-corrected chi connectivity index (χ2v) is 7.42. The van der Waals surface area contributed by atoms with Gasteiger partial charge in [0.1, 0.15) is 4.88 Å². The number of thiazole rings is 1. The van der Waals surface area contributed by atoms with Crippen molar-refractivity contribution in [3.63, 3.8) is 0 Å². The number of carbonyl (C=O) groups is 2. The van der Waals surface area contributed by atoms with E-state index in [1.807, 2.05) is 6.92 Å². The van der Waals surface area contributed by atoms with Gasteiger partial charge in [0, 0.05) is 26.6 Å². The Morgan fingerprint density at radius 1 is 1.42 bits per heavy atom. The molecule has 0 bridgehead atoms. The summed E-state index contributed by atoms with van der Waals surface area (Å²) < 4.78 is 4.98. The van der Waals surface area contributed by atoms with Crippen molar-refractivity contribution in [1.82, 2.24) is 15.2 Å². The van der Waals surface area contributed by atoms with Crippen LogP contribution in [-0.2, 0) is 9.53 Å². The summed E-state index contributed by atoms with van der Waals surface area (Å²) in [6.45, 7) is 4.63. The fraction of sp³-hybridized carbons (Fsp3) is 0.688. The molecule has 0 radical (unpaired) electrons. The number of aromatic nitrogens is 1. The SMILES string of the molecule is COCCN(C)C(=O)[C@H]1C[C@H](NC(=O)c2sc(C)nc2C)[C@@H](O)C1. The van der Waals surface area contributed by atoms with Crippen molar-refractivity contribution in [1.29, 1.82) is 0 Å². The summed E-state index contributed by atoms with van der Waals surface area (Å²) >= 11 is 1.33. The molecule has 134 valence electrons. The van der Waals surface area contributed by atoms with Crippen molar-refractivity contribution in [3.8, 4) is 0 Å². The Morgan fingerprint density at radius 3 is 2.71 bits per heavy atom. The van der Waals surface area contributed by atoms with E-state index < -0.39 is 12.1 Å². The average molecular weight is 355 g/mol. The zero-order chi connectivity index (χ0) is 17.9. The first-order chi connectivity index (χ1) is 11.3. The van der Waals surface area contributed by atoms with Crippen molar-refractivity contribution < 1.29 is 19.4 Å². The lowest BCUT2D eigenvalue weighted by atomic mass is 10.1. The smallest absolute Gasteiger partial charge is 0.263 e. The molecule has 1 aliphatic carbocycles. The maximum absolute atomic E-state index is 12.4. The zero-order valence-corrected chi connectivity index (χ0v) is 15.4. The van der Waals surface area contributed by atoms with Crippen LogP contribution in [0.25, 0.3) is 0 Å². The number of methoxy groups -OCH3 is 1. The summed E-state index contributed by atoms with van der Waals surface area (Å²) in [5, 5.41) is 13.9. The van der Waals surface area contributed by atoms with Crippen molar-refractivity contribution in [2.75, 3.05) is 27.3 Å². The van der Waals surface area contributed by atoms with E-state index in [1.54, 1.807) is 26.0 Å². The highest BCUT2D eigenvalue weighted by Gasteiger charge is 2.39. The third-order valence-electron chi connectivity index (χ3n) is 4.31. The number of aliphatic hydroxyl groups is 1. The molecule has 1 aromatic rings. The van der Waals surface area contributed by atoms with Crippen LogP contribution in [-0.4, -0.2) is 66.3 Å². The van der Waals surface area contributed by atoms with Crippen molar-refractivity contribution in [2.24, 2.45) is 5.92 Å². The largest absolute Gasteiger partial charge is 0.391 e. The molecule has 8 heteroatoms. The molecule has 3 atom stereocenters. The maximum Gasteiger partial charge on any atom is 0.263 e. The Bertz CT molecular complexity index is 604. The second-order valence-electron chi connectivity index (χ2n) is 6.22. The number of nitrogens with zero attached hydrogens (tertiary/aromatic N) is 2. The minimum absolute atomic E-state index is 0.0207. The van der Waals surface area contributed by atoms with Crippen molar-refractivity contribution >= 4 is 23.2 Å². The van der Waals surface area contributed by atoms with Crippen LogP contribution < -0.4 is 5.32 Å². The number of aliphatic hydroxyl groups excluding tert-OH is 1. The first-order valence-electron chi connectivity index (χ1n) is 8.00. The monoisotopic (exact) mass is 355 g/mol. The van der Waals surface area contributed by atoms with E-state index in [1.165, 1.54) is 11.3 Å². The van der Waals surface area contributed by atoms with Gasteiger partial charge in [0.15, 0.2) is 0 Å². The molecule has 1 saturated carbocycles. The molecule has 0 saturated heterocycles. The number of aryl methyl sites for hydroxylation is 2. The normalized spacial score (nSPS) is 23.3. The predicted octanol–water partition coefficient (Wildman–Crippen LogP) is 0.734. The molecule has 1 fully saturated rings. The minimum Gasteiger partial charge on any atom is -0.391 e. The minimum atomic E-state index is -0.715. The third-order valence-corrected chi connectivity index (χ3v) is 5.38. The molecule has 24 heavy (non-hydrogen) atoms. The number of likely N-dealkylation sites (N-methyl/N-ethyl adjacent to an activating group) is 1. The Hall–Kier alpha value is -1.51. The van der Waals surface area contributed by atoms with Gasteiger partial charge >= 0.3 is 0 Å². The first kappa shape index (κ1) is 18.8. The van der Waals surface area contributed by atoms with Gasteiger partial charge in [0.2, 0.25) is 5.91 Å². The summed E-state index contributed by atoms with van der Waals surface area (Å²) in [6, 6.07) is -0.413. The Kier molecular flexibility index (Phi) is 6.31. The predicted molar refractivity (Wildman–Crippen MR) is 91.1 cm³/mol. The Balaban J connectivity index is 1.94. The lowest BCUT2D eigenvalue weighted by molar-refractivity contribution is -0.134. The molecular formula is C16H25N3O4S. The van der Waals surface area contributed by atoms with E-state index >= 15 is 0 Å². The highest BCUT2D eigenvalue weighted by Crippen LogP contribution is 2.28. The van der Waals surface area contributed by atoms with Crippen molar-refractivity contribution in [3.05, 3.63) is 15.6 Å². The van der Waals surface area contributed by atoms with E-state index in [4.69, 9.17) is 4.74 Å². The summed E-state index contributed by atoms with van der Waals surface area (Å²) in [5.41, 5.74) is 0.689. The van der Waals surface area contributed by atoms with Crippen LogP contribution in [0.15, 0.2) is 0 Å². The zero-order valence-electron chi connectivity index (χ0n) is 14.5. The Labute approximate surface area is 146 Å². The maximum atomic E-state index is 12.4. The lowest BCUT2D eigenvalue weighted by Gasteiger charge is -2.20. The van der Waals surface area contributed by atoms with Crippen LogP contribution in [0.5, 0.6) is 0 Å². The molecule has 2 N–H and O–H groups in total. The number of amides is 2. The van der Waals surface area contributed by atoms with E-state index in [-0.39, 0.29) is 17.7 Å². The first-order valence-corrected chi connectivity index (χ1v) is 8.82. The van der Waals surface area contributed by atoms with Gasteiger partial charge in [-0.15, -0.1) is 11.3 Å². The average Bonchev–Trinajstić information content (AvgIpc) is 3.06. The number of hydrogen-bond donors (Lipinski definition) is 2. The van der Waals surface area contributed by atoms with E-state index in [0.717, 1.165) is 5.01 Å². The van der Waals surface area contributed by atoms with Crippen LogP contribution in [0.3, 0.4) is 0 Å². The summed E-state index contributed by atoms with van der Waals surface area (Å²) in [5.74, 6) is -0.535. The van der Waals surface area contributed by atoms with Gasteiger partial charge in [0.05, 0.1) is 29.5 Å². The highest BCUT2D eigenvalue weighted by molar-refractivity contribution is 7.13. The van der Waals surface area contributed by atoms with Gasteiger partial charge in [-0.3, -0.25) is 9.59 Å². The number of hydrogen-bond acceptors (Lipinski definition) is 6. The van der Waals surface area contributed by atoms with E-state index in [0.29, 0.717) is 36.6 Å². The summed E-state index contributed by atoms with van der Waals surface area (Å²) in [4.78, 5) is 31.2. The van der Waals surface area contributed by atoms with E-state index in [9.17, 15) is 14.7 Å². The number of ether oxygens (including phenoxy) is 1. The lowest BCUT2D eigenvalue weighted by Crippen LogP contribution is -2.40. The topological polar surface area (TPSA) is 91.8 Å². The van der Waals surface area contributed by atoms with Gasteiger partial charge in [-0.1, -0.05) is 0 Å². The molecule has 1 aromatic heterocycles. The van der Waals surface area contributed by atoms with Gasteiger partial charge in [-0.05, 0) is 26.7 Å². The quantitative estimate of drug-likeness (QED) is 0.785. The molecule has 0 unspecified atom stereocenters. The highest BCUT2D eigenvalue weighted by atomic mass is 32.1. The fourth-order valence-electron chi connectivity index (χ4n) is 3.00. The van der Waals surface area contributed by atoms with Gasteiger partial charge < -0.3 is 20.1 Å². The van der Waals surface area contributed by atoms with Crippen LogP contribution in [0.4, 0.5) is 0 Å². The van der Waals surface area contributed by atoms with Gasteiger partial charge in [0.25, 0.3) is 5.91 Å². The summed E-state index contributed by atoms with van der Waals surface area (Å²) in [7, 11) is 3.31. The molecule has 1 heterocycles. The molecule has 1 aliphatic rings.